The van der Waals surface area contributed by atoms with Gasteiger partial charge in [-0.15, -0.1) is 11.3 Å². The van der Waals surface area contributed by atoms with E-state index in [2.05, 4.69) is 20.5 Å². The average Bonchev–Trinajstić information content (AvgIpc) is 3.22. The zero-order valence-corrected chi connectivity index (χ0v) is 14.9. The highest BCUT2D eigenvalue weighted by Gasteiger charge is 2.19. The number of carbonyl (C=O) groups is 1. The number of aromatic nitrogens is 3. The van der Waals surface area contributed by atoms with Gasteiger partial charge in [-0.3, -0.25) is 9.89 Å². The van der Waals surface area contributed by atoms with E-state index in [1.165, 1.54) is 11.3 Å². The molecule has 0 saturated heterocycles. The SMILES string of the molecule is COCc1[nH]nc(NC(=O)c2scnc2C)c1-c1ccc(OC)cc1. The van der Waals surface area contributed by atoms with Crippen LogP contribution in [0.15, 0.2) is 29.8 Å². The summed E-state index contributed by atoms with van der Waals surface area (Å²) in [6, 6.07) is 7.54. The lowest BCUT2D eigenvalue weighted by molar-refractivity contribution is 0.102. The standard InChI is InChI=1S/C17H18N4O3S/c1-10-15(25-9-18-10)17(22)19-16-14(13(8-23-2)20-21-16)11-4-6-12(24-3)7-5-11/h4-7,9H,8H2,1-3H3,(H2,19,20,21,22). The molecule has 2 heterocycles. The summed E-state index contributed by atoms with van der Waals surface area (Å²) < 4.78 is 10.4. The summed E-state index contributed by atoms with van der Waals surface area (Å²) in [4.78, 5) is 17.2. The second-order valence-electron chi connectivity index (χ2n) is 5.31. The van der Waals surface area contributed by atoms with E-state index in [0.717, 1.165) is 22.6 Å². The van der Waals surface area contributed by atoms with Gasteiger partial charge in [0.05, 0.1) is 30.6 Å². The maximum atomic E-state index is 12.5. The molecular formula is C17H18N4O3S. The summed E-state index contributed by atoms with van der Waals surface area (Å²) in [5, 5.41) is 10.0. The molecule has 2 N–H and O–H groups in total. The number of aryl methyl sites for hydroxylation is 1. The van der Waals surface area contributed by atoms with Gasteiger partial charge in [0.1, 0.15) is 10.6 Å². The Balaban J connectivity index is 1.96. The molecule has 0 unspecified atom stereocenters. The Morgan fingerprint density at radius 3 is 2.64 bits per heavy atom. The van der Waals surface area contributed by atoms with E-state index in [1.807, 2.05) is 24.3 Å². The van der Waals surface area contributed by atoms with E-state index in [9.17, 15) is 4.79 Å². The normalized spacial score (nSPS) is 10.7. The van der Waals surface area contributed by atoms with Gasteiger partial charge in [-0.05, 0) is 24.6 Å². The Labute approximate surface area is 149 Å². The average molecular weight is 358 g/mol. The number of methoxy groups -OCH3 is 2. The van der Waals surface area contributed by atoms with Crippen LogP contribution in [0.4, 0.5) is 5.82 Å². The molecule has 0 aliphatic heterocycles. The van der Waals surface area contributed by atoms with Crippen molar-refractivity contribution in [2.24, 2.45) is 0 Å². The van der Waals surface area contributed by atoms with Crippen LogP contribution in [0.3, 0.4) is 0 Å². The number of aromatic amines is 1. The van der Waals surface area contributed by atoms with Crippen molar-refractivity contribution in [3.8, 4) is 16.9 Å². The minimum Gasteiger partial charge on any atom is -0.497 e. The molecular weight excluding hydrogens is 340 g/mol. The first-order valence-electron chi connectivity index (χ1n) is 7.56. The smallest absolute Gasteiger partial charge is 0.268 e. The van der Waals surface area contributed by atoms with Crippen LogP contribution in [0.1, 0.15) is 21.1 Å². The van der Waals surface area contributed by atoms with Crippen molar-refractivity contribution in [3.63, 3.8) is 0 Å². The Hall–Kier alpha value is -2.71. The van der Waals surface area contributed by atoms with Gasteiger partial charge in [0.25, 0.3) is 5.91 Å². The number of ether oxygens (including phenoxy) is 2. The molecule has 1 amide bonds. The van der Waals surface area contributed by atoms with E-state index >= 15 is 0 Å². The second-order valence-corrected chi connectivity index (χ2v) is 6.16. The predicted molar refractivity (Wildman–Crippen MR) is 96.1 cm³/mol. The number of rotatable bonds is 6. The molecule has 2 aromatic heterocycles. The lowest BCUT2D eigenvalue weighted by Gasteiger charge is -2.08. The van der Waals surface area contributed by atoms with Crippen LogP contribution in [0, 0.1) is 6.92 Å². The first-order valence-corrected chi connectivity index (χ1v) is 8.44. The van der Waals surface area contributed by atoms with Gasteiger partial charge in [-0.2, -0.15) is 5.10 Å². The van der Waals surface area contributed by atoms with Gasteiger partial charge in [-0.25, -0.2) is 4.98 Å². The third kappa shape index (κ3) is 3.54. The van der Waals surface area contributed by atoms with Gasteiger partial charge < -0.3 is 14.8 Å². The number of amides is 1. The Morgan fingerprint density at radius 2 is 2.04 bits per heavy atom. The zero-order chi connectivity index (χ0) is 17.8. The van der Waals surface area contributed by atoms with Crippen molar-refractivity contribution in [2.45, 2.75) is 13.5 Å². The maximum absolute atomic E-state index is 12.5. The monoisotopic (exact) mass is 358 g/mol. The molecule has 3 rings (SSSR count). The molecule has 130 valence electrons. The van der Waals surface area contributed by atoms with Crippen molar-refractivity contribution < 1.29 is 14.3 Å². The van der Waals surface area contributed by atoms with Gasteiger partial charge in [0, 0.05) is 12.7 Å². The molecule has 0 radical (unpaired) electrons. The van der Waals surface area contributed by atoms with E-state index in [-0.39, 0.29) is 5.91 Å². The van der Waals surface area contributed by atoms with Gasteiger partial charge >= 0.3 is 0 Å². The topological polar surface area (TPSA) is 89.1 Å². The molecule has 3 aromatic rings. The zero-order valence-electron chi connectivity index (χ0n) is 14.1. The van der Waals surface area contributed by atoms with Crippen LogP contribution in [0.5, 0.6) is 5.75 Å². The Bertz CT molecular complexity index is 870. The van der Waals surface area contributed by atoms with Crippen LogP contribution < -0.4 is 10.1 Å². The molecule has 0 saturated carbocycles. The van der Waals surface area contributed by atoms with Gasteiger partial charge in [0.15, 0.2) is 5.82 Å². The van der Waals surface area contributed by atoms with Crippen molar-refractivity contribution in [2.75, 3.05) is 19.5 Å². The fourth-order valence-electron chi connectivity index (χ4n) is 2.47. The number of anilines is 1. The second kappa shape index (κ2) is 7.45. The lowest BCUT2D eigenvalue weighted by atomic mass is 10.1. The van der Waals surface area contributed by atoms with Crippen LogP contribution in [0.25, 0.3) is 11.1 Å². The highest BCUT2D eigenvalue weighted by molar-refractivity contribution is 7.12. The molecule has 0 spiro atoms. The Morgan fingerprint density at radius 1 is 1.28 bits per heavy atom. The van der Waals surface area contributed by atoms with Crippen molar-refractivity contribution >= 4 is 23.1 Å². The van der Waals surface area contributed by atoms with Crippen LogP contribution >= 0.6 is 11.3 Å². The molecule has 0 atom stereocenters. The minimum atomic E-state index is -0.231. The highest BCUT2D eigenvalue weighted by Crippen LogP contribution is 2.32. The van der Waals surface area contributed by atoms with Crippen molar-refractivity contribution in [1.29, 1.82) is 0 Å². The molecule has 7 nitrogen and oxygen atoms in total. The summed E-state index contributed by atoms with van der Waals surface area (Å²) in [5.74, 6) is 0.978. The fourth-order valence-corrected chi connectivity index (χ4v) is 3.17. The quantitative estimate of drug-likeness (QED) is 0.706. The van der Waals surface area contributed by atoms with Crippen LogP contribution in [-0.2, 0) is 11.3 Å². The number of hydrogen-bond acceptors (Lipinski definition) is 6. The predicted octanol–water partition coefficient (Wildman–Crippen LogP) is 3.25. The molecule has 25 heavy (non-hydrogen) atoms. The summed E-state index contributed by atoms with van der Waals surface area (Å²) >= 11 is 1.30. The van der Waals surface area contributed by atoms with Gasteiger partial charge in [-0.1, -0.05) is 12.1 Å². The Kier molecular flexibility index (Phi) is 5.11. The third-order valence-electron chi connectivity index (χ3n) is 3.69. The molecule has 1 aromatic carbocycles. The van der Waals surface area contributed by atoms with Crippen LogP contribution in [0.2, 0.25) is 0 Å². The van der Waals surface area contributed by atoms with E-state index in [0.29, 0.717) is 23.0 Å². The highest BCUT2D eigenvalue weighted by atomic mass is 32.1. The first kappa shape index (κ1) is 17.1. The van der Waals surface area contributed by atoms with E-state index in [4.69, 9.17) is 9.47 Å². The van der Waals surface area contributed by atoms with Crippen LogP contribution in [-0.4, -0.2) is 35.3 Å². The summed E-state index contributed by atoms with van der Waals surface area (Å²) in [6.45, 7) is 2.15. The fraction of sp³-hybridized carbons (Fsp3) is 0.235. The first-order chi connectivity index (χ1) is 12.1. The summed E-state index contributed by atoms with van der Waals surface area (Å²) in [7, 11) is 3.23. The molecule has 8 heteroatoms. The van der Waals surface area contributed by atoms with E-state index in [1.54, 1.807) is 26.7 Å². The lowest BCUT2D eigenvalue weighted by Crippen LogP contribution is -2.12. The molecule has 0 fully saturated rings. The number of hydrogen-bond donors (Lipinski definition) is 2. The number of thiazole rings is 1. The number of H-pyrrole nitrogens is 1. The number of nitrogens with one attached hydrogen (secondary N) is 2. The van der Waals surface area contributed by atoms with Gasteiger partial charge in [0.2, 0.25) is 0 Å². The molecule has 0 aliphatic rings. The number of benzene rings is 1. The third-order valence-corrected chi connectivity index (χ3v) is 4.62. The largest absolute Gasteiger partial charge is 0.497 e. The number of carbonyl (C=O) groups excluding carboxylic acids is 1. The maximum Gasteiger partial charge on any atom is 0.268 e. The van der Waals surface area contributed by atoms with Crippen molar-refractivity contribution in [3.05, 3.63) is 46.0 Å². The number of nitrogens with zero attached hydrogens (tertiary/aromatic N) is 2. The molecule has 0 aliphatic carbocycles. The molecule has 0 bridgehead atoms. The minimum absolute atomic E-state index is 0.231. The van der Waals surface area contributed by atoms with E-state index < -0.39 is 0 Å². The van der Waals surface area contributed by atoms with Crippen molar-refractivity contribution in [1.82, 2.24) is 15.2 Å². The summed E-state index contributed by atoms with van der Waals surface area (Å²) in [5.41, 5.74) is 4.82. The summed E-state index contributed by atoms with van der Waals surface area (Å²) in [6.07, 6.45) is 0.